The Bertz CT molecular complexity index is 798. The lowest BCUT2D eigenvalue weighted by Crippen LogP contribution is -2.34. The Hall–Kier alpha value is -2.36. The molecule has 1 rings (SSSR count). The van der Waals surface area contributed by atoms with E-state index < -0.39 is 33.4 Å². The summed E-state index contributed by atoms with van der Waals surface area (Å²) in [6.07, 6.45) is -3.43. The molecule has 0 aromatic heterocycles. The number of carbonyl (C=O) groups excluding carboxylic acids is 1. The summed E-state index contributed by atoms with van der Waals surface area (Å²) in [5.74, 6) is -3.84. The van der Waals surface area contributed by atoms with Crippen molar-refractivity contribution in [2.45, 2.75) is 37.8 Å². The van der Waals surface area contributed by atoms with Crippen molar-refractivity contribution in [2.75, 3.05) is 6.54 Å². The fourth-order valence-electron chi connectivity index (χ4n) is 1.74. The van der Waals surface area contributed by atoms with Crippen LogP contribution in [0.2, 0.25) is 0 Å². The first-order chi connectivity index (χ1) is 12.0. The van der Waals surface area contributed by atoms with Crippen LogP contribution in [0, 0.1) is 6.92 Å². The zero-order chi connectivity index (χ0) is 20.0. The number of amides is 1. The Labute approximate surface area is 149 Å². The number of aliphatic imine (C=N–C) groups is 1. The molecule has 0 radical (unpaired) electrons. The molecule has 0 atom stereocenters. The third kappa shape index (κ3) is 6.17. The summed E-state index contributed by atoms with van der Waals surface area (Å²) < 4.78 is 64.0. The molecule has 0 aliphatic heterocycles. The van der Waals surface area contributed by atoms with Crippen molar-refractivity contribution in [3.05, 3.63) is 41.2 Å². The summed E-state index contributed by atoms with van der Waals surface area (Å²) in [5.41, 5.74) is -0.516. The summed E-state index contributed by atoms with van der Waals surface area (Å²) in [6.45, 7) is 3.67. The molecule has 0 spiro atoms. The normalized spacial score (nSPS) is 13.6. The number of carbonyl (C=O) groups is 1. The second kappa shape index (κ2) is 8.84. The highest BCUT2D eigenvalue weighted by Crippen LogP contribution is 2.26. The molecule has 1 amide bonds. The number of aliphatic hydroxyl groups is 1. The molecule has 0 saturated heterocycles. The molecule has 6 nitrogen and oxygen atoms in total. The van der Waals surface area contributed by atoms with Crippen LogP contribution in [0.15, 0.2) is 45.5 Å². The topological polar surface area (TPSA) is 95.8 Å². The molecule has 10 heteroatoms. The second-order valence-corrected chi connectivity index (χ2v) is 7.08. The van der Waals surface area contributed by atoms with Gasteiger partial charge in [0, 0.05) is 12.8 Å². The maximum atomic E-state index is 12.7. The van der Waals surface area contributed by atoms with Crippen molar-refractivity contribution in [2.24, 2.45) is 4.99 Å². The molecule has 1 aromatic carbocycles. The molecule has 1 aromatic rings. The lowest BCUT2D eigenvalue weighted by molar-refractivity contribution is -0.126. The van der Waals surface area contributed by atoms with Crippen LogP contribution < -0.4 is 4.72 Å². The van der Waals surface area contributed by atoms with E-state index in [1.54, 1.807) is 6.92 Å². The van der Waals surface area contributed by atoms with E-state index in [1.807, 2.05) is 6.92 Å². The SMILES string of the molecule is CCCCN=C/C(C(=O)NS(=O)(=O)c1ccc(C)cc1)=C(/O)C(F)(F)F. The molecule has 0 heterocycles. The molecule has 144 valence electrons. The fraction of sp³-hybridized carbons (Fsp3) is 0.375. The Kier molecular flexibility index (Phi) is 7.37. The van der Waals surface area contributed by atoms with Crippen LogP contribution in [0.4, 0.5) is 13.2 Å². The number of alkyl halides is 3. The van der Waals surface area contributed by atoms with Crippen LogP contribution >= 0.6 is 0 Å². The van der Waals surface area contributed by atoms with Gasteiger partial charge in [-0.1, -0.05) is 31.0 Å². The number of hydrogen-bond acceptors (Lipinski definition) is 5. The number of allylic oxidation sites excluding steroid dienone is 1. The second-order valence-electron chi connectivity index (χ2n) is 5.40. The molecule has 0 unspecified atom stereocenters. The van der Waals surface area contributed by atoms with E-state index in [-0.39, 0.29) is 11.4 Å². The highest BCUT2D eigenvalue weighted by molar-refractivity contribution is 7.90. The average Bonchev–Trinajstić information content (AvgIpc) is 2.53. The largest absolute Gasteiger partial charge is 0.504 e. The molecule has 0 aliphatic rings. The van der Waals surface area contributed by atoms with Crippen molar-refractivity contribution in [1.82, 2.24) is 4.72 Å². The minimum absolute atomic E-state index is 0.128. The van der Waals surface area contributed by atoms with Crippen LogP contribution in [0.5, 0.6) is 0 Å². The van der Waals surface area contributed by atoms with Crippen LogP contribution in [0.25, 0.3) is 0 Å². The van der Waals surface area contributed by atoms with Gasteiger partial charge in [0.1, 0.15) is 5.57 Å². The lowest BCUT2D eigenvalue weighted by Gasteiger charge is -2.11. The summed E-state index contributed by atoms with van der Waals surface area (Å²) in [4.78, 5) is 15.4. The number of aliphatic hydroxyl groups excluding tert-OH is 1. The molecule has 0 bridgehead atoms. The van der Waals surface area contributed by atoms with Gasteiger partial charge in [-0.3, -0.25) is 9.79 Å². The first-order valence-corrected chi connectivity index (χ1v) is 9.11. The Morgan fingerprint density at radius 2 is 1.85 bits per heavy atom. The first kappa shape index (κ1) is 21.7. The third-order valence-electron chi connectivity index (χ3n) is 3.19. The number of sulfonamides is 1. The van der Waals surface area contributed by atoms with E-state index in [2.05, 4.69) is 4.99 Å². The number of halogens is 3. The summed E-state index contributed by atoms with van der Waals surface area (Å²) >= 11 is 0. The minimum Gasteiger partial charge on any atom is -0.504 e. The number of rotatable bonds is 7. The van der Waals surface area contributed by atoms with Crippen molar-refractivity contribution in [3.8, 4) is 0 Å². The van der Waals surface area contributed by atoms with Gasteiger partial charge in [0.15, 0.2) is 0 Å². The number of nitrogens with zero attached hydrogens (tertiary/aromatic N) is 1. The predicted octanol–water partition coefficient (Wildman–Crippen LogP) is 3.05. The molecular weight excluding hydrogens is 373 g/mol. The Morgan fingerprint density at radius 1 is 1.27 bits per heavy atom. The smallest absolute Gasteiger partial charge is 0.449 e. The van der Waals surface area contributed by atoms with E-state index in [0.717, 1.165) is 12.0 Å². The molecule has 2 N–H and O–H groups in total. The number of hydrogen-bond donors (Lipinski definition) is 2. The molecule has 0 fully saturated rings. The van der Waals surface area contributed by atoms with Gasteiger partial charge in [0.05, 0.1) is 4.90 Å². The maximum Gasteiger partial charge on any atom is 0.449 e. The van der Waals surface area contributed by atoms with Crippen molar-refractivity contribution >= 4 is 22.1 Å². The van der Waals surface area contributed by atoms with E-state index in [1.165, 1.54) is 29.0 Å². The van der Waals surface area contributed by atoms with Gasteiger partial charge >= 0.3 is 6.18 Å². The average molecular weight is 392 g/mol. The van der Waals surface area contributed by atoms with Crippen LogP contribution in [0.3, 0.4) is 0 Å². The number of aryl methyl sites for hydroxylation is 1. The first-order valence-electron chi connectivity index (χ1n) is 7.63. The quantitative estimate of drug-likeness (QED) is 0.323. The molecule has 0 aliphatic carbocycles. The Balaban J connectivity index is 3.16. The van der Waals surface area contributed by atoms with E-state index >= 15 is 0 Å². The predicted molar refractivity (Wildman–Crippen MR) is 90.5 cm³/mol. The molecule has 26 heavy (non-hydrogen) atoms. The molecular formula is C16H19F3N2O4S. The van der Waals surface area contributed by atoms with Crippen LogP contribution in [0.1, 0.15) is 25.3 Å². The van der Waals surface area contributed by atoms with Crippen LogP contribution in [-0.4, -0.2) is 38.4 Å². The third-order valence-corrected chi connectivity index (χ3v) is 4.53. The van der Waals surface area contributed by atoms with Crippen LogP contribution in [-0.2, 0) is 14.8 Å². The van der Waals surface area contributed by atoms with Gasteiger partial charge in [-0.15, -0.1) is 0 Å². The van der Waals surface area contributed by atoms with Gasteiger partial charge < -0.3 is 5.11 Å². The van der Waals surface area contributed by atoms with Crippen molar-refractivity contribution in [1.29, 1.82) is 0 Å². The van der Waals surface area contributed by atoms with E-state index in [4.69, 9.17) is 0 Å². The van der Waals surface area contributed by atoms with Gasteiger partial charge in [-0.25, -0.2) is 13.1 Å². The van der Waals surface area contributed by atoms with E-state index in [0.29, 0.717) is 12.6 Å². The summed E-state index contributed by atoms with van der Waals surface area (Å²) in [7, 11) is -4.41. The van der Waals surface area contributed by atoms with Gasteiger partial charge in [0.25, 0.3) is 15.9 Å². The zero-order valence-corrected chi connectivity index (χ0v) is 15.0. The minimum atomic E-state index is -5.23. The number of benzene rings is 1. The standard InChI is InChI=1S/C16H19F3N2O4S/c1-3-4-9-20-10-13(14(22)16(17,18)19)15(23)21-26(24,25)12-7-5-11(2)6-8-12/h5-8,10,22H,3-4,9H2,1-2H3,(H,21,23)/b14-13-,20-10?. The Morgan fingerprint density at radius 3 is 2.35 bits per heavy atom. The molecule has 0 saturated carbocycles. The van der Waals surface area contributed by atoms with Gasteiger partial charge in [-0.05, 0) is 25.5 Å². The van der Waals surface area contributed by atoms with Crippen molar-refractivity contribution in [3.63, 3.8) is 0 Å². The monoisotopic (exact) mass is 392 g/mol. The summed E-state index contributed by atoms with van der Waals surface area (Å²) in [5, 5.41) is 9.28. The van der Waals surface area contributed by atoms with Crippen molar-refractivity contribution < 1.29 is 31.5 Å². The lowest BCUT2D eigenvalue weighted by atomic mass is 10.2. The highest BCUT2D eigenvalue weighted by Gasteiger charge is 2.38. The van der Waals surface area contributed by atoms with Gasteiger partial charge in [0.2, 0.25) is 5.76 Å². The zero-order valence-electron chi connectivity index (χ0n) is 14.2. The van der Waals surface area contributed by atoms with Gasteiger partial charge in [-0.2, -0.15) is 13.2 Å². The highest BCUT2D eigenvalue weighted by atomic mass is 32.2. The fourth-order valence-corrected chi connectivity index (χ4v) is 2.70. The number of nitrogens with one attached hydrogen (secondary N) is 1. The number of unbranched alkanes of at least 4 members (excludes halogenated alkanes) is 1. The summed E-state index contributed by atoms with van der Waals surface area (Å²) in [6, 6.07) is 5.34. The van der Waals surface area contributed by atoms with E-state index in [9.17, 15) is 31.5 Å². The maximum absolute atomic E-state index is 12.7.